The number of rotatable bonds is 6. The van der Waals surface area contributed by atoms with Gasteiger partial charge in [-0.15, -0.1) is 0 Å². The first-order chi connectivity index (χ1) is 17.9. The van der Waals surface area contributed by atoms with E-state index in [1.807, 2.05) is 0 Å². The lowest BCUT2D eigenvalue weighted by atomic mass is 10.1. The van der Waals surface area contributed by atoms with Crippen molar-refractivity contribution in [1.29, 1.82) is 0 Å². The molecule has 4 rings (SSSR count). The third-order valence-corrected chi connectivity index (χ3v) is 7.86. The minimum atomic E-state index is -4.98. The summed E-state index contributed by atoms with van der Waals surface area (Å²) in [6, 6.07) is 3.30. The smallest absolute Gasteiger partial charge is 0.357 e. The molecule has 204 valence electrons. The maximum atomic E-state index is 13.7. The van der Waals surface area contributed by atoms with E-state index < -0.39 is 37.0 Å². The molecule has 0 radical (unpaired) electrons. The Hall–Kier alpha value is -3.54. The van der Waals surface area contributed by atoms with Gasteiger partial charge >= 0.3 is 7.60 Å². The summed E-state index contributed by atoms with van der Waals surface area (Å²) in [5, 5.41) is 5.65. The Morgan fingerprint density at radius 2 is 1.87 bits per heavy atom. The molecule has 0 spiro atoms. The number of carbonyl (C=O) groups is 5. The van der Waals surface area contributed by atoms with E-state index in [2.05, 4.69) is 15.6 Å². The van der Waals surface area contributed by atoms with Crippen LogP contribution >= 0.6 is 7.60 Å². The molecule has 1 aromatic heterocycles. The van der Waals surface area contributed by atoms with Crippen LogP contribution in [0.3, 0.4) is 0 Å². The number of likely N-dealkylation sites (N-methyl/N-ethyl adjacent to an activating group) is 1. The maximum absolute atomic E-state index is 13.7. The van der Waals surface area contributed by atoms with Crippen LogP contribution in [-0.4, -0.2) is 92.0 Å². The molecule has 1 aromatic carbocycles. The molecule has 38 heavy (non-hydrogen) atoms. The third-order valence-electron chi connectivity index (χ3n) is 7.08. The quantitative estimate of drug-likeness (QED) is 0.320. The van der Waals surface area contributed by atoms with Crippen LogP contribution in [0.2, 0.25) is 0 Å². The van der Waals surface area contributed by atoms with Gasteiger partial charge in [0, 0.05) is 49.1 Å². The number of nitrogens with one attached hydrogen (secondary N) is 3. The Labute approximate surface area is 218 Å². The molecule has 13 nitrogen and oxygen atoms in total. The Bertz CT molecular complexity index is 1350. The van der Waals surface area contributed by atoms with Crippen LogP contribution in [0.15, 0.2) is 24.3 Å². The highest BCUT2D eigenvalue weighted by atomic mass is 31.2. The van der Waals surface area contributed by atoms with Crippen molar-refractivity contribution in [2.75, 3.05) is 20.1 Å². The summed E-state index contributed by atoms with van der Waals surface area (Å²) in [5.41, 5.74) is -1.06. The van der Waals surface area contributed by atoms with E-state index in [0.29, 0.717) is 36.7 Å². The Morgan fingerprint density at radius 1 is 1.13 bits per heavy atom. The van der Waals surface area contributed by atoms with Crippen molar-refractivity contribution in [3.8, 4) is 0 Å². The lowest BCUT2D eigenvalue weighted by Crippen LogP contribution is -2.61. The molecule has 4 amide bonds. The number of fused-ring (bicyclic) bond motifs is 2. The molecule has 5 N–H and O–H groups in total. The predicted molar refractivity (Wildman–Crippen MR) is 135 cm³/mol. The van der Waals surface area contributed by atoms with Crippen LogP contribution in [0, 0.1) is 0 Å². The number of nitrogens with zero attached hydrogens (tertiary/aromatic N) is 2. The zero-order chi connectivity index (χ0) is 27.8. The second-order valence-electron chi connectivity index (χ2n) is 9.45. The zero-order valence-electron chi connectivity index (χ0n) is 21.0. The lowest BCUT2D eigenvalue weighted by Gasteiger charge is -2.38. The van der Waals surface area contributed by atoms with Gasteiger partial charge < -0.3 is 35.2 Å². The molecule has 14 heteroatoms. The Balaban J connectivity index is 1.62. The van der Waals surface area contributed by atoms with Crippen molar-refractivity contribution in [1.82, 2.24) is 25.4 Å². The average molecular weight is 548 g/mol. The monoisotopic (exact) mass is 547 g/mol. The topological polar surface area (TPSA) is 189 Å². The molecule has 0 unspecified atom stereocenters. The first-order valence-electron chi connectivity index (χ1n) is 12.3. The highest BCUT2D eigenvalue weighted by Crippen LogP contribution is 2.39. The molecular formula is C24H30N5O8P. The largest absolute Gasteiger partial charge is 0.396 e. The number of aromatic nitrogens is 1. The van der Waals surface area contributed by atoms with Crippen LogP contribution < -0.4 is 10.6 Å². The summed E-state index contributed by atoms with van der Waals surface area (Å²) in [6.07, 6.45) is 1.86. The van der Waals surface area contributed by atoms with Gasteiger partial charge in [0.25, 0.3) is 11.4 Å². The molecule has 2 aliphatic rings. The molecule has 2 aromatic rings. The molecule has 0 bridgehead atoms. The van der Waals surface area contributed by atoms with E-state index >= 15 is 0 Å². The molecule has 2 fully saturated rings. The fourth-order valence-corrected chi connectivity index (χ4v) is 5.62. The van der Waals surface area contributed by atoms with E-state index in [1.54, 1.807) is 11.8 Å². The molecule has 2 aliphatic heterocycles. The third kappa shape index (κ3) is 5.35. The van der Waals surface area contributed by atoms with Crippen LogP contribution in [0.1, 0.15) is 53.5 Å². The molecule has 0 saturated carbocycles. The Kier molecular flexibility index (Phi) is 7.73. The maximum Gasteiger partial charge on any atom is 0.396 e. The summed E-state index contributed by atoms with van der Waals surface area (Å²) >= 11 is 0. The highest BCUT2D eigenvalue weighted by molar-refractivity contribution is 7.70. The summed E-state index contributed by atoms with van der Waals surface area (Å²) in [7, 11) is -3.48. The second kappa shape index (κ2) is 10.7. The minimum Gasteiger partial charge on any atom is -0.357 e. The van der Waals surface area contributed by atoms with E-state index in [4.69, 9.17) is 9.79 Å². The standard InChI is InChI=1S/C24H30N5O8P/c1-3-20(30)28-9-8-15-5-7-19(22(32)25-2)29(15)23(33)18(12-28)27-21(31)17-11-14-10-13(4-6-16(14)26-17)24(34)38(35,36)37/h4,6,10-11,15,18-19,26H,3,5,7-9,12H2,1-2H3,(H,25,32)(H,27,31)(H2,35,36,37)/t15-,18+,19+/m1/s1. The number of hydrogen-bond donors (Lipinski definition) is 5. The van der Waals surface area contributed by atoms with Crippen LogP contribution in [0.4, 0.5) is 0 Å². The van der Waals surface area contributed by atoms with Crippen LogP contribution in [0.25, 0.3) is 10.9 Å². The number of benzene rings is 1. The molecule has 2 saturated heterocycles. The number of amides is 4. The van der Waals surface area contributed by atoms with Gasteiger partial charge in [0.1, 0.15) is 17.8 Å². The molecule has 3 heterocycles. The normalized spacial score (nSPS) is 22.0. The zero-order valence-corrected chi connectivity index (χ0v) is 21.9. The first-order valence-corrected chi connectivity index (χ1v) is 13.9. The number of carbonyl (C=O) groups excluding carboxylic acids is 5. The van der Waals surface area contributed by atoms with E-state index in [1.165, 1.54) is 36.2 Å². The van der Waals surface area contributed by atoms with Gasteiger partial charge in [0.2, 0.25) is 17.7 Å². The van der Waals surface area contributed by atoms with E-state index in [0.717, 1.165) is 0 Å². The number of H-pyrrole nitrogens is 1. The lowest BCUT2D eigenvalue weighted by molar-refractivity contribution is -0.145. The SMILES string of the molecule is CCC(=O)N1CC[C@H]2CC[C@@H](C(=O)NC)N2C(=O)[C@@H](NC(=O)c2cc3cc(C(=O)P(=O)(O)O)ccc3[nH]2)C1. The first kappa shape index (κ1) is 27.5. The van der Waals surface area contributed by atoms with Gasteiger partial charge in [0.05, 0.1) is 0 Å². The minimum absolute atomic E-state index is 0.0461. The van der Waals surface area contributed by atoms with Crippen molar-refractivity contribution in [3.05, 3.63) is 35.5 Å². The summed E-state index contributed by atoms with van der Waals surface area (Å²) in [4.78, 5) is 88.2. The summed E-state index contributed by atoms with van der Waals surface area (Å²) in [6.45, 7) is 2.05. The van der Waals surface area contributed by atoms with Crippen molar-refractivity contribution >= 4 is 47.7 Å². The van der Waals surface area contributed by atoms with Crippen molar-refractivity contribution in [3.63, 3.8) is 0 Å². The summed E-state index contributed by atoms with van der Waals surface area (Å²) in [5.74, 6) is -1.55. The molecule has 3 atom stereocenters. The number of aromatic amines is 1. The van der Waals surface area contributed by atoms with Gasteiger partial charge in [-0.05, 0) is 43.5 Å². The van der Waals surface area contributed by atoms with Crippen molar-refractivity contribution in [2.24, 2.45) is 0 Å². The number of hydrogen-bond acceptors (Lipinski definition) is 6. The van der Waals surface area contributed by atoms with Gasteiger partial charge in [-0.25, -0.2) is 0 Å². The predicted octanol–water partition coefficient (Wildman–Crippen LogP) is 0.332. The van der Waals surface area contributed by atoms with Crippen molar-refractivity contribution < 1.29 is 38.3 Å². The van der Waals surface area contributed by atoms with Crippen LogP contribution in [0.5, 0.6) is 0 Å². The summed E-state index contributed by atoms with van der Waals surface area (Å²) < 4.78 is 11.3. The van der Waals surface area contributed by atoms with Gasteiger partial charge in [0.15, 0.2) is 0 Å². The highest BCUT2D eigenvalue weighted by Gasteiger charge is 2.45. The average Bonchev–Trinajstić information content (AvgIpc) is 3.50. The molecular weight excluding hydrogens is 517 g/mol. The Morgan fingerprint density at radius 3 is 2.53 bits per heavy atom. The second-order valence-corrected chi connectivity index (χ2v) is 10.9. The van der Waals surface area contributed by atoms with Gasteiger partial charge in [-0.1, -0.05) is 6.92 Å². The van der Waals surface area contributed by atoms with Gasteiger partial charge in [-0.2, -0.15) is 0 Å². The fraction of sp³-hybridized carbons (Fsp3) is 0.458. The van der Waals surface area contributed by atoms with Crippen LogP contribution in [-0.2, 0) is 18.9 Å². The van der Waals surface area contributed by atoms with E-state index in [-0.39, 0.29) is 42.1 Å². The van der Waals surface area contributed by atoms with Crippen molar-refractivity contribution in [2.45, 2.75) is 50.7 Å². The van der Waals surface area contributed by atoms with Gasteiger partial charge in [-0.3, -0.25) is 28.5 Å². The molecule has 0 aliphatic carbocycles. The van der Waals surface area contributed by atoms with E-state index in [9.17, 15) is 28.5 Å². The fourth-order valence-electron chi connectivity index (χ4n) is 5.15.